The maximum atomic E-state index is 13.1. The van der Waals surface area contributed by atoms with Crippen LogP contribution in [0.1, 0.15) is 16.8 Å². The van der Waals surface area contributed by atoms with Crippen LogP contribution in [0.4, 0.5) is 4.39 Å². The topological polar surface area (TPSA) is 45.9 Å². The molecule has 3 nitrogen and oxygen atoms in total. The van der Waals surface area contributed by atoms with Crippen molar-refractivity contribution in [3.05, 3.63) is 28.8 Å². The third-order valence-corrected chi connectivity index (χ3v) is 1.72. The summed E-state index contributed by atoms with van der Waals surface area (Å²) in [5.74, 6) is -0.496. The molecule has 0 aromatic carbocycles. The molecule has 13 heavy (non-hydrogen) atoms. The van der Waals surface area contributed by atoms with Crippen LogP contribution in [0.3, 0.4) is 0 Å². The molecule has 0 aliphatic rings. The molecule has 0 N–H and O–H groups in total. The molecular weight excluding hydrogens is 171 g/mol. The molecule has 4 heteroatoms. The number of ether oxygens (including phenoxy) is 1. The van der Waals surface area contributed by atoms with Crippen molar-refractivity contribution in [2.75, 3.05) is 7.11 Å². The third-order valence-electron chi connectivity index (χ3n) is 1.72. The molecule has 68 valence electrons. The highest BCUT2D eigenvalue weighted by Crippen LogP contribution is 2.15. The van der Waals surface area contributed by atoms with Gasteiger partial charge in [0.2, 0.25) is 0 Å². The van der Waals surface area contributed by atoms with Gasteiger partial charge in [0.15, 0.2) is 0 Å². The lowest BCUT2D eigenvalue weighted by molar-refractivity contribution is 0.181. The minimum atomic E-state index is -0.496. The van der Waals surface area contributed by atoms with Crippen molar-refractivity contribution < 1.29 is 9.13 Å². The van der Waals surface area contributed by atoms with E-state index in [0.717, 1.165) is 6.20 Å². The summed E-state index contributed by atoms with van der Waals surface area (Å²) in [7, 11) is 1.45. The summed E-state index contributed by atoms with van der Waals surface area (Å²) < 4.78 is 17.9. The Bertz CT molecular complexity index is 357. The molecule has 0 saturated carbocycles. The van der Waals surface area contributed by atoms with Crippen LogP contribution >= 0.6 is 0 Å². The van der Waals surface area contributed by atoms with E-state index >= 15 is 0 Å². The van der Waals surface area contributed by atoms with Gasteiger partial charge >= 0.3 is 0 Å². The first kappa shape index (κ1) is 9.62. The van der Waals surface area contributed by atoms with Crippen molar-refractivity contribution in [2.45, 2.75) is 13.5 Å². The molecule has 1 aromatic rings. The number of hydrogen-bond donors (Lipinski definition) is 0. The lowest BCUT2D eigenvalue weighted by atomic mass is 10.1. The number of halogens is 1. The van der Waals surface area contributed by atoms with E-state index in [4.69, 9.17) is 10.00 Å². The highest BCUT2D eigenvalue weighted by atomic mass is 19.1. The van der Waals surface area contributed by atoms with E-state index in [1.54, 1.807) is 6.92 Å². The van der Waals surface area contributed by atoms with E-state index in [-0.39, 0.29) is 17.7 Å². The number of hydrogen-bond acceptors (Lipinski definition) is 3. The van der Waals surface area contributed by atoms with Crippen molar-refractivity contribution in [3.63, 3.8) is 0 Å². The molecule has 1 heterocycles. The predicted molar refractivity (Wildman–Crippen MR) is 44.4 cm³/mol. The zero-order valence-electron chi connectivity index (χ0n) is 7.47. The molecule has 0 amide bonds. The highest BCUT2D eigenvalue weighted by Gasteiger charge is 2.11. The largest absolute Gasteiger partial charge is 0.380 e. The molecule has 0 aliphatic carbocycles. The Morgan fingerprint density at radius 2 is 2.38 bits per heavy atom. The Balaban J connectivity index is 3.28. The Kier molecular flexibility index (Phi) is 2.93. The second kappa shape index (κ2) is 3.97. The van der Waals surface area contributed by atoms with Gasteiger partial charge in [-0.25, -0.2) is 4.39 Å². The maximum Gasteiger partial charge on any atom is 0.148 e. The fraction of sp³-hybridized carbons (Fsp3) is 0.333. The van der Waals surface area contributed by atoms with Crippen LogP contribution in [-0.4, -0.2) is 12.1 Å². The van der Waals surface area contributed by atoms with Crippen LogP contribution in [0.2, 0.25) is 0 Å². The summed E-state index contributed by atoms with van der Waals surface area (Å²) in [6, 6.07) is 1.91. The minimum Gasteiger partial charge on any atom is -0.380 e. The molecule has 0 fully saturated rings. The van der Waals surface area contributed by atoms with Crippen LogP contribution in [0, 0.1) is 24.1 Å². The number of rotatable bonds is 2. The molecule has 1 rings (SSSR count). The van der Waals surface area contributed by atoms with Gasteiger partial charge in [-0.1, -0.05) is 0 Å². The summed E-state index contributed by atoms with van der Waals surface area (Å²) in [5, 5.41) is 8.74. The van der Waals surface area contributed by atoms with E-state index in [2.05, 4.69) is 4.98 Å². The maximum absolute atomic E-state index is 13.1. The van der Waals surface area contributed by atoms with Crippen molar-refractivity contribution in [2.24, 2.45) is 0 Å². The number of nitriles is 1. The summed E-state index contributed by atoms with van der Waals surface area (Å²) in [6.07, 6.45) is 1.10. The zero-order valence-corrected chi connectivity index (χ0v) is 7.47. The number of pyridine rings is 1. The van der Waals surface area contributed by atoms with Crippen LogP contribution in [0.5, 0.6) is 0 Å². The molecule has 0 atom stereocenters. The summed E-state index contributed by atoms with van der Waals surface area (Å²) in [5.41, 5.74) is 1.07. The molecule has 0 aliphatic heterocycles. The fourth-order valence-corrected chi connectivity index (χ4v) is 1.07. The monoisotopic (exact) mass is 180 g/mol. The van der Waals surface area contributed by atoms with E-state index in [1.165, 1.54) is 7.11 Å². The van der Waals surface area contributed by atoms with Crippen molar-refractivity contribution in [1.82, 2.24) is 4.98 Å². The van der Waals surface area contributed by atoms with Gasteiger partial charge in [-0.05, 0) is 6.92 Å². The standard InChI is InChI=1S/C9H9FN2O/c1-6-7(3-11)8(5-13-2)9(10)4-12-6/h4H,5H2,1-2H3. The second-order valence-electron chi connectivity index (χ2n) is 2.59. The Hall–Kier alpha value is -1.47. The van der Waals surface area contributed by atoms with Crippen LogP contribution in [0.25, 0.3) is 0 Å². The van der Waals surface area contributed by atoms with Gasteiger partial charge in [-0.3, -0.25) is 4.98 Å². The van der Waals surface area contributed by atoms with E-state index in [0.29, 0.717) is 5.69 Å². The quantitative estimate of drug-likeness (QED) is 0.693. The normalized spacial score (nSPS) is 9.69. The molecule has 0 saturated heterocycles. The first-order chi connectivity index (χ1) is 6.20. The number of nitrogens with zero attached hydrogens (tertiary/aromatic N) is 2. The molecule has 1 aromatic heterocycles. The van der Waals surface area contributed by atoms with Crippen LogP contribution in [-0.2, 0) is 11.3 Å². The summed E-state index contributed by atoms with van der Waals surface area (Å²) in [6.45, 7) is 1.76. The van der Waals surface area contributed by atoms with E-state index < -0.39 is 5.82 Å². The van der Waals surface area contributed by atoms with Crippen molar-refractivity contribution in [3.8, 4) is 6.07 Å². The lowest BCUT2D eigenvalue weighted by Gasteiger charge is -2.05. The predicted octanol–water partition coefficient (Wildman–Crippen LogP) is 1.55. The van der Waals surface area contributed by atoms with E-state index in [9.17, 15) is 4.39 Å². The molecular formula is C9H9FN2O. The average molecular weight is 180 g/mol. The van der Waals surface area contributed by atoms with Crippen LogP contribution < -0.4 is 0 Å². The second-order valence-corrected chi connectivity index (χ2v) is 2.59. The minimum absolute atomic E-state index is 0.0953. The third kappa shape index (κ3) is 1.82. The SMILES string of the molecule is COCc1c(F)cnc(C)c1C#N. The molecule has 0 unspecified atom stereocenters. The first-order valence-corrected chi connectivity index (χ1v) is 3.73. The van der Waals surface area contributed by atoms with Gasteiger partial charge < -0.3 is 4.74 Å². The number of methoxy groups -OCH3 is 1. The van der Waals surface area contributed by atoms with Gasteiger partial charge in [0.25, 0.3) is 0 Å². The number of aromatic nitrogens is 1. The summed E-state index contributed by atoms with van der Waals surface area (Å²) in [4.78, 5) is 3.74. The first-order valence-electron chi connectivity index (χ1n) is 3.73. The fourth-order valence-electron chi connectivity index (χ4n) is 1.07. The Morgan fingerprint density at radius 1 is 1.69 bits per heavy atom. The zero-order chi connectivity index (χ0) is 9.84. The van der Waals surface area contributed by atoms with Crippen molar-refractivity contribution in [1.29, 1.82) is 5.26 Å². The van der Waals surface area contributed by atoms with Gasteiger partial charge in [0, 0.05) is 12.7 Å². The summed E-state index contributed by atoms with van der Waals surface area (Å²) >= 11 is 0. The molecule has 0 radical (unpaired) electrons. The van der Waals surface area contributed by atoms with Gasteiger partial charge in [-0.15, -0.1) is 0 Å². The lowest BCUT2D eigenvalue weighted by Crippen LogP contribution is -2.01. The molecule has 0 spiro atoms. The molecule has 0 bridgehead atoms. The van der Waals surface area contributed by atoms with E-state index in [1.807, 2.05) is 6.07 Å². The van der Waals surface area contributed by atoms with Gasteiger partial charge in [0.05, 0.1) is 24.1 Å². The van der Waals surface area contributed by atoms with Gasteiger partial charge in [-0.2, -0.15) is 5.26 Å². The Morgan fingerprint density at radius 3 is 2.92 bits per heavy atom. The van der Waals surface area contributed by atoms with Crippen molar-refractivity contribution >= 4 is 0 Å². The Labute approximate surface area is 75.8 Å². The number of aryl methyl sites for hydroxylation is 1. The highest BCUT2D eigenvalue weighted by molar-refractivity contribution is 5.40. The smallest absolute Gasteiger partial charge is 0.148 e. The van der Waals surface area contributed by atoms with Crippen LogP contribution in [0.15, 0.2) is 6.20 Å². The van der Waals surface area contributed by atoms with Gasteiger partial charge in [0.1, 0.15) is 11.9 Å². The average Bonchev–Trinajstić information content (AvgIpc) is 2.12.